The minimum absolute atomic E-state index is 0.0773. The maximum atomic E-state index is 12.8. The summed E-state index contributed by atoms with van der Waals surface area (Å²) in [6, 6.07) is 0.531. The number of hydrogen-bond donors (Lipinski definition) is 1. The highest BCUT2D eigenvalue weighted by molar-refractivity contribution is 5.84. The lowest BCUT2D eigenvalue weighted by atomic mass is 9.67. The van der Waals surface area contributed by atoms with Crippen molar-refractivity contribution in [2.75, 3.05) is 13.1 Å². The summed E-state index contributed by atoms with van der Waals surface area (Å²) in [5, 5.41) is 3.43. The average molecular weight is 278 g/mol. The molecule has 1 amide bonds. The molecule has 0 radical (unpaired) electrons. The fourth-order valence-electron chi connectivity index (χ4n) is 5.52. The molecule has 2 aliphatic carbocycles. The van der Waals surface area contributed by atoms with Gasteiger partial charge in [-0.05, 0) is 55.4 Å². The van der Waals surface area contributed by atoms with E-state index in [9.17, 15) is 4.79 Å². The van der Waals surface area contributed by atoms with Crippen molar-refractivity contribution in [2.24, 2.45) is 16.7 Å². The fourth-order valence-corrected chi connectivity index (χ4v) is 5.52. The Kier molecular flexibility index (Phi) is 3.39. The second kappa shape index (κ2) is 4.72. The molecule has 3 heteroatoms. The summed E-state index contributed by atoms with van der Waals surface area (Å²) in [4.78, 5) is 15.0. The molecule has 4 atom stereocenters. The van der Waals surface area contributed by atoms with Gasteiger partial charge in [-0.3, -0.25) is 4.79 Å². The maximum Gasteiger partial charge on any atom is 0.240 e. The first-order valence-electron chi connectivity index (χ1n) is 8.44. The van der Waals surface area contributed by atoms with Gasteiger partial charge in [-0.15, -0.1) is 0 Å². The Morgan fingerprint density at radius 1 is 1.30 bits per heavy atom. The van der Waals surface area contributed by atoms with Crippen LogP contribution in [0.5, 0.6) is 0 Å². The predicted octanol–water partition coefficient (Wildman–Crippen LogP) is 2.80. The Bertz CT molecular complexity index is 401. The Hall–Kier alpha value is -0.570. The summed E-state index contributed by atoms with van der Waals surface area (Å²) in [6.07, 6.45) is 6.08. The topological polar surface area (TPSA) is 32.3 Å². The Labute approximate surface area is 123 Å². The van der Waals surface area contributed by atoms with Crippen LogP contribution < -0.4 is 5.32 Å². The number of rotatable bonds is 4. The number of nitrogens with one attached hydrogen (secondary N) is 1. The lowest BCUT2D eigenvalue weighted by Crippen LogP contribution is -2.54. The summed E-state index contributed by atoms with van der Waals surface area (Å²) in [5.41, 5.74) is 0.659. The number of nitrogens with zero attached hydrogens (tertiary/aromatic N) is 1. The second-order valence-corrected chi connectivity index (χ2v) is 8.14. The van der Waals surface area contributed by atoms with Crippen molar-refractivity contribution in [3.8, 4) is 0 Å². The lowest BCUT2D eigenvalue weighted by molar-refractivity contribution is -0.137. The molecular formula is C17H30N2O. The Morgan fingerprint density at radius 3 is 2.65 bits per heavy atom. The van der Waals surface area contributed by atoms with Gasteiger partial charge in [-0.25, -0.2) is 0 Å². The molecule has 0 spiro atoms. The first-order valence-corrected chi connectivity index (χ1v) is 8.44. The van der Waals surface area contributed by atoms with Crippen LogP contribution in [0.2, 0.25) is 0 Å². The first-order chi connectivity index (χ1) is 9.40. The molecule has 1 saturated heterocycles. The van der Waals surface area contributed by atoms with Crippen molar-refractivity contribution < 1.29 is 4.79 Å². The van der Waals surface area contributed by atoms with E-state index >= 15 is 0 Å². The van der Waals surface area contributed by atoms with E-state index in [1.54, 1.807) is 0 Å². The third-order valence-corrected chi connectivity index (χ3v) is 6.39. The summed E-state index contributed by atoms with van der Waals surface area (Å²) in [5.74, 6) is 1.18. The van der Waals surface area contributed by atoms with Crippen LogP contribution in [0, 0.1) is 16.7 Å². The number of carbonyl (C=O) groups excluding carboxylic acids is 1. The minimum Gasteiger partial charge on any atom is -0.337 e. The van der Waals surface area contributed by atoms with Crippen molar-refractivity contribution in [3.05, 3.63) is 0 Å². The van der Waals surface area contributed by atoms with Gasteiger partial charge in [0.1, 0.15) is 0 Å². The lowest BCUT2D eigenvalue weighted by Gasteiger charge is -2.47. The van der Waals surface area contributed by atoms with Crippen molar-refractivity contribution >= 4 is 5.91 Å². The van der Waals surface area contributed by atoms with E-state index in [2.05, 4.69) is 37.9 Å². The Morgan fingerprint density at radius 2 is 2.05 bits per heavy atom. The molecule has 3 aliphatic rings. The van der Waals surface area contributed by atoms with Crippen molar-refractivity contribution in [1.29, 1.82) is 0 Å². The van der Waals surface area contributed by atoms with Gasteiger partial charge in [0, 0.05) is 12.6 Å². The van der Waals surface area contributed by atoms with E-state index in [1.807, 2.05) is 0 Å². The highest BCUT2D eigenvalue weighted by atomic mass is 16.2. The molecule has 3 fully saturated rings. The van der Waals surface area contributed by atoms with Gasteiger partial charge in [0.05, 0.1) is 6.04 Å². The van der Waals surface area contributed by atoms with Gasteiger partial charge in [0.2, 0.25) is 5.91 Å². The summed E-state index contributed by atoms with van der Waals surface area (Å²) < 4.78 is 0. The molecule has 4 unspecified atom stereocenters. The van der Waals surface area contributed by atoms with E-state index in [0.29, 0.717) is 22.8 Å². The van der Waals surface area contributed by atoms with E-state index < -0.39 is 0 Å². The summed E-state index contributed by atoms with van der Waals surface area (Å²) >= 11 is 0. The van der Waals surface area contributed by atoms with Crippen LogP contribution in [0.1, 0.15) is 59.8 Å². The third kappa shape index (κ3) is 1.93. The molecule has 1 N–H and O–H groups in total. The van der Waals surface area contributed by atoms with Crippen LogP contribution in [0.15, 0.2) is 0 Å². The van der Waals surface area contributed by atoms with Gasteiger partial charge in [0.15, 0.2) is 0 Å². The smallest absolute Gasteiger partial charge is 0.240 e. The van der Waals surface area contributed by atoms with Gasteiger partial charge < -0.3 is 10.2 Å². The average Bonchev–Trinajstić information content (AvgIpc) is 2.98. The van der Waals surface area contributed by atoms with Crippen LogP contribution in [0.25, 0.3) is 0 Å². The van der Waals surface area contributed by atoms with Crippen molar-refractivity contribution in [2.45, 2.75) is 71.9 Å². The van der Waals surface area contributed by atoms with Crippen LogP contribution in [-0.4, -0.2) is 36.0 Å². The SMILES string of the molecule is CCCNC1CCN(C2C3(C)CCC(C3)C2(C)C)C1=O. The van der Waals surface area contributed by atoms with Crippen LogP contribution >= 0.6 is 0 Å². The monoisotopic (exact) mass is 278 g/mol. The van der Waals surface area contributed by atoms with E-state index in [4.69, 9.17) is 0 Å². The molecule has 0 aromatic heterocycles. The zero-order valence-electron chi connectivity index (χ0n) is 13.5. The zero-order valence-corrected chi connectivity index (χ0v) is 13.5. The first kappa shape index (κ1) is 14.4. The molecule has 114 valence electrons. The van der Waals surface area contributed by atoms with E-state index in [1.165, 1.54) is 19.3 Å². The quantitative estimate of drug-likeness (QED) is 0.857. The minimum atomic E-state index is 0.0773. The standard InChI is InChI=1S/C17H30N2O/c1-5-9-18-13-7-10-19(14(13)20)15-16(2,3)12-6-8-17(15,4)11-12/h12-13,15,18H,5-11H2,1-4H3. The number of carbonyl (C=O) groups is 1. The highest BCUT2D eigenvalue weighted by Crippen LogP contribution is 2.64. The molecule has 2 saturated carbocycles. The van der Waals surface area contributed by atoms with Gasteiger partial charge in [-0.1, -0.05) is 27.7 Å². The molecule has 1 aliphatic heterocycles. The highest BCUT2D eigenvalue weighted by Gasteiger charge is 2.62. The van der Waals surface area contributed by atoms with Crippen LogP contribution in [0.3, 0.4) is 0 Å². The van der Waals surface area contributed by atoms with Gasteiger partial charge in [-0.2, -0.15) is 0 Å². The number of hydrogen-bond acceptors (Lipinski definition) is 2. The predicted molar refractivity (Wildman–Crippen MR) is 81.4 cm³/mol. The molecule has 20 heavy (non-hydrogen) atoms. The van der Waals surface area contributed by atoms with Crippen LogP contribution in [0.4, 0.5) is 0 Å². The van der Waals surface area contributed by atoms with Gasteiger partial charge in [0.25, 0.3) is 0 Å². The molecule has 0 aromatic rings. The van der Waals surface area contributed by atoms with E-state index in [-0.39, 0.29) is 6.04 Å². The zero-order chi connectivity index (χ0) is 14.5. The number of amides is 1. The summed E-state index contributed by atoms with van der Waals surface area (Å²) in [7, 11) is 0. The van der Waals surface area contributed by atoms with Crippen LogP contribution in [-0.2, 0) is 4.79 Å². The maximum absolute atomic E-state index is 12.8. The number of fused-ring (bicyclic) bond motifs is 2. The Balaban J connectivity index is 1.78. The fraction of sp³-hybridized carbons (Fsp3) is 0.941. The largest absolute Gasteiger partial charge is 0.337 e. The molecule has 3 nitrogen and oxygen atoms in total. The second-order valence-electron chi connectivity index (χ2n) is 8.14. The molecule has 1 heterocycles. The van der Waals surface area contributed by atoms with Crippen molar-refractivity contribution in [1.82, 2.24) is 10.2 Å². The normalized spacial score (nSPS) is 42.7. The van der Waals surface area contributed by atoms with Crippen molar-refractivity contribution in [3.63, 3.8) is 0 Å². The molecule has 0 aromatic carbocycles. The summed E-state index contributed by atoms with van der Waals surface area (Å²) in [6.45, 7) is 11.3. The molecule has 3 rings (SSSR count). The third-order valence-electron chi connectivity index (χ3n) is 6.39. The molecule has 2 bridgehead atoms. The van der Waals surface area contributed by atoms with E-state index in [0.717, 1.165) is 31.8 Å². The molecular weight excluding hydrogens is 248 g/mol. The number of likely N-dealkylation sites (tertiary alicyclic amines) is 1. The van der Waals surface area contributed by atoms with Gasteiger partial charge >= 0.3 is 0 Å².